The van der Waals surface area contributed by atoms with Gasteiger partial charge in [0, 0.05) is 107 Å². The lowest BCUT2D eigenvalue weighted by Crippen LogP contribution is -2.59. The number of piperazine rings is 1. The molecule has 2 N–H and O–H groups in total. The number of aryl methyl sites for hydroxylation is 1. The maximum atomic E-state index is 16.4. The van der Waals surface area contributed by atoms with Gasteiger partial charge in [-0.3, -0.25) is 39.1 Å². The van der Waals surface area contributed by atoms with Crippen molar-refractivity contribution >= 4 is 50.7 Å². The number of aromatic nitrogens is 1. The summed E-state index contributed by atoms with van der Waals surface area (Å²) in [5.74, 6) is -0.00557. The minimum absolute atomic E-state index is 0.179. The molecule has 4 aromatic rings. The summed E-state index contributed by atoms with van der Waals surface area (Å²) >= 11 is 1.22. The third-order valence-electron chi connectivity index (χ3n) is 12.7. The third kappa shape index (κ3) is 8.55. The predicted octanol–water partition coefficient (Wildman–Crippen LogP) is 3.46. The summed E-state index contributed by atoms with van der Waals surface area (Å²) in [5.41, 5.74) is 3.05. The molecule has 4 aliphatic heterocycles. The fraction of sp³-hybridized carbons (Fsp3) is 0.489. The topological polar surface area (TPSA) is 149 Å². The summed E-state index contributed by atoms with van der Waals surface area (Å²) in [5, 5.41) is 5.75. The number of benzene rings is 2. The summed E-state index contributed by atoms with van der Waals surface area (Å²) in [4.78, 5) is 75.2. The molecule has 2 aromatic carbocycles. The number of piperidine rings is 2. The van der Waals surface area contributed by atoms with Crippen LogP contribution in [0.25, 0.3) is 21.2 Å². The van der Waals surface area contributed by atoms with Gasteiger partial charge in [0.25, 0.3) is 17.4 Å². The molecular formula is C45H55FN8O7S. The number of halogens is 1. The van der Waals surface area contributed by atoms with Gasteiger partial charge in [-0.1, -0.05) is 0 Å². The van der Waals surface area contributed by atoms with Crippen LogP contribution in [-0.2, 0) is 29.7 Å². The highest BCUT2D eigenvalue weighted by atomic mass is 32.1. The molecule has 3 atom stereocenters. The van der Waals surface area contributed by atoms with E-state index in [1.54, 1.807) is 45.4 Å². The summed E-state index contributed by atoms with van der Waals surface area (Å²) in [6.45, 7) is 8.08. The number of nitrogens with one attached hydrogen (secondary N) is 2. The van der Waals surface area contributed by atoms with Crippen molar-refractivity contribution in [3.8, 4) is 22.6 Å². The number of ether oxygens (including phenoxy) is 2. The lowest BCUT2D eigenvalue weighted by Gasteiger charge is -2.42. The van der Waals surface area contributed by atoms with E-state index in [0.717, 1.165) is 60.7 Å². The lowest BCUT2D eigenvalue weighted by atomic mass is 9.90. The Balaban J connectivity index is 0.858. The number of amides is 4. The Labute approximate surface area is 364 Å². The molecule has 4 amide bonds. The van der Waals surface area contributed by atoms with E-state index in [1.807, 2.05) is 49.3 Å². The molecule has 0 saturated carbocycles. The van der Waals surface area contributed by atoms with Crippen molar-refractivity contribution in [3.63, 3.8) is 0 Å². The molecule has 330 valence electrons. The number of thiophene rings is 1. The number of imide groups is 1. The van der Waals surface area contributed by atoms with Gasteiger partial charge in [0.15, 0.2) is 0 Å². The number of hydrogen-bond donors (Lipinski definition) is 2. The van der Waals surface area contributed by atoms with E-state index in [-0.39, 0.29) is 30.3 Å². The zero-order valence-corrected chi connectivity index (χ0v) is 37.0. The van der Waals surface area contributed by atoms with Gasteiger partial charge in [-0.25, -0.2) is 4.39 Å². The summed E-state index contributed by atoms with van der Waals surface area (Å²) in [7, 11) is 8.84. The summed E-state index contributed by atoms with van der Waals surface area (Å²) < 4.78 is 30.1. The molecule has 3 saturated heterocycles. The molecule has 0 bridgehead atoms. The van der Waals surface area contributed by atoms with Crippen LogP contribution >= 0.6 is 11.3 Å². The molecular weight excluding hydrogens is 816 g/mol. The van der Waals surface area contributed by atoms with E-state index in [1.165, 1.54) is 15.9 Å². The number of carbonyl (C=O) groups excluding carboxylic acids is 4. The van der Waals surface area contributed by atoms with Crippen LogP contribution in [0.5, 0.6) is 11.5 Å². The van der Waals surface area contributed by atoms with Crippen molar-refractivity contribution in [2.45, 2.75) is 57.0 Å². The van der Waals surface area contributed by atoms with Crippen LogP contribution in [0.15, 0.2) is 47.4 Å². The molecule has 62 heavy (non-hydrogen) atoms. The molecule has 0 radical (unpaired) electrons. The minimum Gasteiger partial charge on any atom is -0.496 e. The van der Waals surface area contributed by atoms with Crippen LogP contribution in [0.3, 0.4) is 0 Å². The number of rotatable bonds is 12. The first-order valence-electron chi connectivity index (χ1n) is 21.1. The predicted molar refractivity (Wildman–Crippen MR) is 236 cm³/mol. The normalized spacial score (nSPS) is 22.4. The maximum Gasteiger partial charge on any atom is 0.261 e. The van der Waals surface area contributed by atoms with Crippen LogP contribution in [0.2, 0.25) is 0 Å². The molecule has 4 aliphatic rings. The molecule has 8 rings (SSSR count). The lowest BCUT2D eigenvalue weighted by molar-refractivity contribution is -0.136. The fourth-order valence-corrected chi connectivity index (χ4v) is 10.4. The molecule has 2 aromatic heterocycles. The van der Waals surface area contributed by atoms with Crippen molar-refractivity contribution in [1.82, 2.24) is 34.8 Å². The van der Waals surface area contributed by atoms with Crippen molar-refractivity contribution in [2.75, 3.05) is 85.6 Å². The summed E-state index contributed by atoms with van der Waals surface area (Å²) in [6, 6.07) is 9.97. The van der Waals surface area contributed by atoms with Crippen LogP contribution < -0.4 is 30.6 Å². The van der Waals surface area contributed by atoms with Gasteiger partial charge in [0.2, 0.25) is 11.8 Å². The Bertz CT molecular complexity index is 2450. The standard InChI is InChI=1S/C45H55FN8O7S/c1-45(46)26-52(14-13-51-15-17-53(18-16-51)29-7-8-30-28(19-29)23-54(44(30)59)34-9-10-39(55)48-41(34)56)12-11-38(45)47-42(57)37-22-31-40(62-37)32(25-50(4)43(31)58)27-20-35(60-5)33(24-49(2)3)36(21-27)61-6/h7-8,19-22,25,34,38H,9-18,23-24,26H2,1-6H3,(H,47,57)(H,48,55,56). The van der Waals surface area contributed by atoms with E-state index < -0.39 is 29.6 Å². The Hall–Kier alpha value is -5.36. The first-order valence-corrected chi connectivity index (χ1v) is 22.0. The van der Waals surface area contributed by atoms with Crippen LogP contribution in [0.4, 0.5) is 10.1 Å². The van der Waals surface area contributed by atoms with E-state index in [9.17, 15) is 24.0 Å². The number of pyridine rings is 1. The van der Waals surface area contributed by atoms with Crippen molar-refractivity contribution in [3.05, 3.63) is 74.5 Å². The number of alkyl halides is 1. The molecule has 17 heteroatoms. The zero-order chi connectivity index (χ0) is 44.0. The van der Waals surface area contributed by atoms with Gasteiger partial charge in [-0.15, -0.1) is 11.3 Å². The zero-order valence-electron chi connectivity index (χ0n) is 36.2. The van der Waals surface area contributed by atoms with Crippen molar-refractivity contribution in [2.24, 2.45) is 7.05 Å². The molecule has 0 spiro atoms. The second-order valence-corrected chi connectivity index (χ2v) is 18.4. The monoisotopic (exact) mass is 870 g/mol. The van der Waals surface area contributed by atoms with Gasteiger partial charge in [-0.2, -0.15) is 0 Å². The Morgan fingerprint density at radius 3 is 2.32 bits per heavy atom. The highest BCUT2D eigenvalue weighted by molar-refractivity contribution is 7.21. The number of fused-ring (bicyclic) bond motifs is 2. The second-order valence-electron chi connectivity index (χ2n) is 17.3. The molecule has 3 fully saturated rings. The Morgan fingerprint density at radius 1 is 0.952 bits per heavy atom. The highest BCUT2D eigenvalue weighted by Crippen LogP contribution is 2.40. The smallest absolute Gasteiger partial charge is 0.261 e. The fourth-order valence-electron chi connectivity index (χ4n) is 9.33. The van der Waals surface area contributed by atoms with Crippen LogP contribution in [-0.4, -0.2) is 146 Å². The average molecular weight is 871 g/mol. The SMILES string of the molecule is COc1cc(-c2cn(C)c(=O)c3cc(C(=O)NC4CCN(CCN5CCN(c6ccc7c(c6)CN(C6CCC(=O)NC6=O)C7=O)CC5)CC4(C)F)sc23)cc(OC)c1CN(C)C. The molecule has 0 aliphatic carbocycles. The number of hydrogen-bond acceptors (Lipinski definition) is 12. The van der Waals surface area contributed by atoms with Crippen molar-refractivity contribution < 1.29 is 33.0 Å². The maximum absolute atomic E-state index is 16.4. The first kappa shape index (κ1) is 43.3. The molecule has 3 unspecified atom stereocenters. The minimum atomic E-state index is -1.67. The van der Waals surface area contributed by atoms with Crippen LogP contribution in [0, 0.1) is 0 Å². The van der Waals surface area contributed by atoms with Gasteiger partial charge in [0.05, 0.1) is 36.1 Å². The van der Waals surface area contributed by atoms with Crippen molar-refractivity contribution in [1.29, 1.82) is 0 Å². The van der Waals surface area contributed by atoms with Gasteiger partial charge in [-0.05, 0) is 81.4 Å². The summed E-state index contributed by atoms with van der Waals surface area (Å²) in [6.07, 6.45) is 2.76. The average Bonchev–Trinajstić information content (AvgIpc) is 3.84. The van der Waals surface area contributed by atoms with E-state index in [0.29, 0.717) is 71.0 Å². The number of methoxy groups -OCH3 is 2. The number of carbonyl (C=O) groups is 4. The van der Waals surface area contributed by atoms with E-state index in [2.05, 4.69) is 25.3 Å². The number of anilines is 1. The third-order valence-corrected chi connectivity index (χ3v) is 13.9. The number of likely N-dealkylation sites (tertiary alicyclic amines) is 1. The second kappa shape index (κ2) is 17.4. The number of nitrogens with zero attached hydrogens (tertiary/aromatic N) is 6. The van der Waals surface area contributed by atoms with E-state index in [4.69, 9.17) is 9.47 Å². The quantitative estimate of drug-likeness (QED) is 0.202. The Morgan fingerprint density at radius 2 is 1.66 bits per heavy atom. The Kier molecular flexibility index (Phi) is 12.2. The van der Waals surface area contributed by atoms with Gasteiger partial charge >= 0.3 is 0 Å². The van der Waals surface area contributed by atoms with Gasteiger partial charge in [0.1, 0.15) is 23.2 Å². The highest BCUT2D eigenvalue weighted by Gasteiger charge is 2.42. The molecule has 6 heterocycles. The first-order chi connectivity index (χ1) is 29.6. The van der Waals surface area contributed by atoms with Gasteiger partial charge < -0.3 is 34.1 Å². The van der Waals surface area contributed by atoms with Crippen LogP contribution in [0.1, 0.15) is 57.3 Å². The molecule has 15 nitrogen and oxygen atoms in total. The van der Waals surface area contributed by atoms with E-state index >= 15 is 4.39 Å². The largest absolute Gasteiger partial charge is 0.496 e.